The van der Waals surface area contributed by atoms with Gasteiger partial charge in [0.2, 0.25) is 5.88 Å². The summed E-state index contributed by atoms with van der Waals surface area (Å²) >= 11 is 0. The first-order chi connectivity index (χ1) is 9.24. The summed E-state index contributed by atoms with van der Waals surface area (Å²) in [6.07, 6.45) is 7.00. The van der Waals surface area contributed by atoms with Gasteiger partial charge < -0.3 is 10.1 Å². The highest BCUT2D eigenvalue weighted by molar-refractivity contribution is 5.48. The summed E-state index contributed by atoms with van der Waals surface area (Å²) in [7, 11) is 0. The summed E-state index contributed by atoms with van der Waals surface area (Å²) in [4.78, 5) is 9.19. The minimum atomic E-state index is 0.363. The smallest absolute Gasteiger partial charge is 0.222 e. The van der Waals surface area contributed by atoms with Gasteiger partial charge in [-0.25, -0.2) is 4.98 Å². The molecule has 1 aromatic heterocycles. The van der Waals surface area contributed by atoms with Gasteiger partial charge in [-0.15, -0.1) is 0 Å². The lowest BCUT2D eigenvalue weighted by molar-refractivity contribution is 0.113. The Kier molecular flexibility index (Phi) is 5.00. The Balaban J connectivity index is 2.19. The van der Waals surface area contributed by atoms with E-state index >= 15 is 0 Å². The van der Waals surface area contributed by atoms with Crippen LogP contribution in [0, 0.1) is 6.92 Å². The summed E-state index contributed by atoms with van der Waals surface area (Å²) in [5.74, 6) is 2.61. The van der Waals surface area contributed by atoms with Gasteiger partial charge in [-0.3, -0.25) is 0 Å². The van der Waals surface area contributed by atoms with Gasteiger partial charge in [-0.05, 0) is 39.0 Å². The van der Waals surface area contributed by atoms with E-state index in [9.17, 15) is 0 Å². The second-order valence-corrected chi connectivity index (χ2v) is 5.27. The number of aromatic nitrogens is 2. The van der Waals surface area contributed by atoms with Crippen LogP contribution < -0.4 is 10.1 Å². The van der Waals surface area contributed by atoms with E-state index in [1.54, 1.807) is 0 Å². The van der Waals surface area contributed by atoms with Crippen LogP contribution in [-0.4, -0.2) is 22.6 Å². The molecule has 106 valence electrons. The molecule has 0 amide bonds. The van der Waals surface area contributed by atoms with E-state index in [0.717, 1.165) is 61.7 Å². The molecule has 0 aromatic carbocycles. The molecular formula is C15H25N3O. The molecule has 2 rings (SSSR count). The zero-order valence-electron chi connectivity index (χ0n) is 12.3. The first-order valence-corrected chi connectivity index (χ1v) is 7.52. The number of rotatable bonds is 7. The second-order valence-electron chi connectivity index (χ2n) is 5.27. The van der Waals surface area contributed by atoms with Crippen LogP contribution in [0.25, 0.3) is 0 Å². The average molecular weight is 263 g/mol. The van der Waals surface area contributed by atoms with Gasteiger partial charge in [0, 0.05) is 13.0 Å². The highest BCUT2D eigenvalue weighted by Crippen LogP contribution is 2.28. The van der Waals surface area contributed by atoms with Gasteiger partial charge in [0.15, 0.2) is 0 Å². The van der Waals surface area contributed by atoms with Crippen molar-refractivity contribution >= 4 is 5.82 Å². The Morgan fingerprint density at radius 3 is 2.58 bits per heavy atom. The number of hydrogen-bond acceptors (Lipinski definition) is 4. The van der Waals surface area contributed by atoms with Crippen molar-refractivity contribution in [3.8, 4) is 5.88 Å². The van der Waals surface area contributed by atoms with Crippen molar-refractivity contribution in [1.82, 2.24) is 9.97 Å². The number of anilines is 1. The highest BCUT2D eigenvalue weighted by Gasteiger charge is 2.22. The molecule has 1 heterocycles. The highest BCUT2D eigenvalue weighted by atomic mass is 16.5. The molecule has 1 aromatic rings. The third-order valence-corrected chi connectivity index (χ3v) is 3.49. The monoisotopic (exact) mass is 263 g/mol. The lowest BCUT2D eigenvalue weighted by Gasteiger charge is -2.27. The number of nitrogens with zero attached hydrogens (tertiary/aromatic N) is 2. The minimum Gasteiger partial charge on any atom is -0.474 e. The Morgan fingerprint density at radius 1 is 1.21 bits per heavy atom. The molecule has 4 nitrogen and oxygen atoms in total. The van der Waals surface area contributed by atoms with Crippen molar-refractivity contribution in [2.24, 2.45) is 0 Å². The maximum Gasteiger partial charge on any atom is 0.222 e. The van der Waals surface area contributed by atoms with E-state index < -0.39 is 0 Å². The van der Waals surface area contributed by atoms with Crippen molar-refractivity contribution in [3.05, 3.63) is 11.4 Å². The molecule has 0 radical (unpaired) electrons. The van der Waals surface area contributed by atoms with Gasteiger partial charge in [-0.1, -0.05) is 13.8 Å². The minimum absolute atomic E-state index is 0.363. The zero-order chi connectivity index (χ0) is 13.7. The average Bonchev–Trinajstić information content (AvgIpc) is 2.35. The first kappa shape index (κ1) is 14.1. The predicted octanol–water partition coefficient (Wildman–Crippen LogP) is 3.49. The summed E-state index contributed by atoms with van der Waals surface area (Å²) in [6.45, 7) is 7.28. The van der Waals surface area contributed by atoms with Crippen LogP contribution in [0.2, 0.25) is 0 Å². The Labute approximate surface area is 116 Å². The molecule has 1 fully saturated rings. The number of aryl methyl sites for hydroxylation is 1. The number of ether oxygens (including phenoxy) is 1. The summed E-state index contributed by atoms with van der Waals surface area (Å²) in [6, 6.07) is 0. The van der Waals surface area contributed by atoms with Crippen LogP contribution in [0.15, 0.2) is 0 Å². The van der Waals surface area contributed by atoms with E-state index in [2.05, 4.69) is 29.1 Å². The lowest BCUT2D eigenvalue weighted by Crippen LogP contribution is -2.26. The second kappa shape index (κ2) is 6.73. The van der Waals surface area contributed by atoms with Crippen molar-refractivity contribution in [2.75, 3.05) is 11.9 Å². The van der Waals surface area contributed by atoms with E-state index in [-0.39, 0.29) is 0 Å². The van der Waals surface area contributed by atoms with Crippen LogP contribution in [0.3, 0.4) is 0 Å². The molecule has 4 heteroatoms. The predicted molar refractivity (Wildman–Crippen MR) is 77.8 cm³/mol. The maximum absolute atomic E-state index is 6.00. The van der Waals surface area contributed by atoms with Crippen LogP contribution in [0.4, 0.5) is 5.82 Å². The van der Waals surface area contributed by atoms with Crippen molar-refractivity contribution in [2.45, 2.75) is 65.4 Å². The fourth-order valence-electron chi connectivity index (χ4n) is 2.05. The summed E-state index contributed by atoms with van der Waals surface area (Å²) in [5, 5.41) is 3.38. The summed E-state index contributed by atoms with van der Waals surface area (Å²) in [5.41, 5.74) is 1.04. The van der Waals surface area contributed by atoms with Crippen molar-refractivity contribution in [3.63, 3.8) is 0 Å². The van der Waals surface area contributed by atoms with Gasteiger partial charge >= 0.3 is 0 Å². The third kappa shape index (κ3) is 3.58. The Bertz CT molecular complexity index is 416. The van der Waals surface area contributed by atoms with E-state index in [1.807, 2.05) is 6.92 Å². The largest absolute Gasteiger partial charge is 0.474 e. The van der Waals surface area contributed by atoms with Crippen molar-refractivity contribution < 1.29 is 4.74 Å². The normalized spacial score (nSPS) is 15.1. The topological polar surface area (TPSA) is 47.0 Å². The first-order valence-electron chi connectivity index (χ1n) is 7.52. The SMILES string of the molecule is CCCNc1nc(CCC)nc(OC2CCC2)c1C. The number of hydrogen-bond donors (Lipinski definition) is 1. The van der Waals surface area contributed by atoms with E-state index in [0.29, 0.717) is 6.10 Å². The fraction of sp³-hybridized carbons (Fsp3) is 0.733. The lowest BCUT2D eigenvalue weighted by atomic mass is 9.96. The van der Waals surface area contributed by atoms with Crippen LogP contribution in [-0.2, 0) is 6.42 Å². The molecular weight excluding hydrogens is 238 g/mol. The molecule has 0 unspecified atom stereocenters. The van der Waals surface area contributed by atoms with Gasteiger partial charge in [0.05, 0.1) is 5.56 Å². The van der Waals surface area contributed by atoms with Crippen molar-refractivity contribution in [1.29, 1.82) is 0 Å². The molecule has 1 N–H and O–H groups in total. The Hall–Kier alpha value is -1.32. The quantitative estimate of drug-likeness (QED) is 0.818. The van der Waals surface area contributed by atoms with Crippen LogP contribution in [0.5, 0.6) is 5.88 Å². The molecule has 0 aliphatic heterocycles. The summed E-state index contributed by atoms with van der Waals surface area (Å²) < 4.78 is 6.00. The Morgan fingerprint density at radius 2 is 2.00 bits per heavy atom. The molecule has 1 saturated carbocycles. The van der Waals surface area contributed by atoms with Gasteiger partial charge in [-0.2, -0.15) is 4.98 Å². The molecule has 19 heavy (non-hydrogen) atoms. The van der Waals surface area contributed by atoms with E-state index in [1.165, 1.54) is 6.42 Å². The van der Waals surface area contributed by atoms with Crippen LogP contribution in [0.1, 0.15) is 57.3 Å². The van der Waals surface area contributed by atoms with Gasteiger partial charge in [0.25, 0.3) is 0 Å². The van der Waals surface area contributed by atoms with Gasteiger partial charge in [0.1, 0.15) is 17.7 Å². The molecule has 1 aliphatic rings. The molecule has 0 atom stereocenters. The molecule has 0 spiro atoms. The molecule has 0 saturated heterocycles. The molecule has 0 bridgehead atoms. The number of nitrogens with one attached hydrogen (secondary N) is 1. The fourth-order valence-corrected chi connectivity index (χ4v) is 2.05. The maximum atomic E-state index is 6.00. The zero-order valence-corrected chi connectivity index (χ0v) is 12.3. The standard InChI is InChI=1S/C15H25N3O/c1-4-7-13-17-14(16-10-5-2)11(3)15(18-13)19-12-8-6-9-12/h12H,4-10H2,1-3H3,(H,16,17,18). The van der Waals surface area contributed by atoms with Crippen LogP contribution >= 0.6 is 0 Å². The third-order valence-electron chi connectivity index (χ3n) is 3.49. The van der Waals surface area contributed by atoms with E-state index in [4.69, 9.17) is 4.74 Å². The molecule has 1 aliphatic carbocycles.